The molecule has 0 spiro atoms. The highest BCUT2D eigenvalue weighted by molar-refractivity contribution is 9.10. The van der Waals surface area contributed by atoms with Gasteiger partial charge in [-0.3, -0.25) is 0 Å². The minimum atomic E-state index is -0.254. The van der Waals surface area contributed by atoms with Crippen molar-refractivity contribution in [2.24, 2.45) is 0 Å². The molecule has 0 heterocycles. The summed E-state index contributed by atoms with van der Waals surface area (Å²) in [4.78, 5) is 0. The minimum Gasteiger partial charge on any atom is -0.457 e. The van der Waals surface area contributed by atoms with Gasteiger partial charge >= 0.3 is 0 Å². The summed E-state index contributed by atoms with van der Waals surface area (Å²) < 4.78 is 20.3. The van der Waals surface area contributed by atoms with Crippen molar-refractivity contribution in [3.05, 3.63) is 57.8 Å². The van der Waals surface area contributed by atoms with E-state index in [4.69, 9.17) is 4.74 Å². The first kappa shape index (κ1) is 15.0. The van der Waals surface area contributed by atoms with Gasteiger partial charge in [-0.05, 0) is 49.4 Å². The first-order valence-corrected chi connectivity index (χ1v) is 7.32. The van der Waals surface area contributed by atoms with E-state index in [-0.39, 0.29) is 5.82 Å². The highest BCUT2D eigenvalue weighted by Crippen LogP contribution is 2.30. The average Bonchev–Trinajstić information content (AvgIpc) is 2.43. The van der Waals surface area contributed by atoms with Crippen molar-refractivity contribution < 1.29 is 9.13 Å². The van der Waals surface area contributed by atoms with E-state index in [9.17, 15) is 4.39 Å². The van der Waals surface area contributed by atoms with Crippen LogP contribution in [-0.2, 0) is 6.54 Å². The maximum atomic E-state index is 13.4. The first-order chi connectivity index (χ1) is 9.60. The Labute approximate surface area is 127 Å². The van der Waals surface area contributed by atoms with Gasteiger partial charge in [-0.1, -0.05) is 28.9 Å². The first-order valence-electron chi connectivity index (χ1n) is 6.53. The third-order valence-electron chi connectivity index (χ3n) is 2.96. The fourth-order valence-corrected chi connectivity index (χ4v) is 2.19. The van der Waals surface area contributed by atoms with E-state index in [0.717, 1.165) is 27.9 Å². The fourth-order valence-electron chi connectivity index (χ4n) is 1.85. The van der Waals surface area contributed by atoms with Gasteiger partial charge in [-0.25, -0.2) is 4.39 Å². The van der Waals surface area contributed by atoms with Gasteiger partial charge in [0.15, 0.2) is 0 Å². The van der Waals surface area contributed by atoms with Crippen LogP contribution in [-0.4, -0.2) is 6.54 Å². The fraction of sp³-hybridized carbons (Fsp3) is 0.250. The molecule has 0 saturated heterocycles. The van der Waals surface area contributed by atoms with Gasteiger partial charge < -0.3 is 10.1 Å². The van der Waals surface area contributed by atoms with Crippen LogP contribution in [0.25, 0.3) is 0 Å². The topological polar surface area (TPSA) is 21.3 Å². The highest BCUT2D eigenvalue weighted by atomic mass is 79.9. The van der Waals surface area contributed by atoms with Crippen molar-refractivity contribution in [1.82, 2.24) is 5.32 Å². The zero-order valence-electron chi connectivity index (χ0n) is 11.5. The molecule has 0 amide bonds. The normalized spacial score (nSPS) is 10.6. The minimum absolute atomic E-state index is 0.254. The standard InChI is InChI=1S/C16H17BrFNO/c1-3-19-10-12-8-14(18)6-7-15(12)20-16-9-13(17)5-4-11(16)2/h4-9,19H,3,10H2,1-2H3. The Hall–Kier alpha value is -1.39. The number of ether oxygens (including phenoxy) is 1. The lowest BCUT2D eigenvalue weighted by molar-refractivity contribution is 0.467. The van der Waals surface area contributed by atoms with Crippen LogP contribution in [0.15, 0.2) is 40.9 Å². The van der Waals surface area contributed by atoms with E-state index in [1.165, 1.54) is 12.1 Å². The van der Waals surface area contributed by atoms with Crippen LogP contribution in [0.5, 0.6) is 11.5 Å². The Bertz CT molecular complexity index is 601. The summed E-state index contributed by atoms with van der Waals surface area (Å²) in [6, 6.07) is 10.4. The molecule has 0 aromatic heterocycles. The third-order valence-corrected chi connectivity index (χ3v) is 3.45. The molecule has 0 bridgehead atoms. The Kier molecular flexibility index (Phi) is 5.15. The third kappa shape index (κ3) is 3.81. The summed E-state index contributed by atoms with van der Waals surface area (Å²) in [7, 11) is 0. The van der Waals surface area contributed by atoms with Gasteiger partial charge in [-0.15, -0.1) is 0 Å². The summed E-state index contributed by atoms with van der Waals surface area (Å²) in [6.45, 7) is 5.40. The Balaban J connectivity index is 2.30. The van der Waals surface area contributed by atoms with Crippen LogP contribution < -0.4 is 10.1 Å². The molecule has 106 valence electrons. The average molecular weight is 338 g/mol. The van der Waals surface area contributed by atoms with Gasteiger partial charge in [-0.2, -0.15) is 0 Å². The van der Waals surface area contributed by atoms with Crippen molar-refractivity contribution in [3.63, 3.8) is 0 Å². The van der Waals surface area contributed by atoms with Gasteiger partial charge in [0.05, 0.1) is 0 Å². The molecule has 4 heteroatoms. The van der Waals surface area contributed by atoms with Crippen LogP contribution in [0.2, 0.25) is 0 Å². The predicted molar refractivity (Wildman–Crippen MR) is 82.7 cm³/mol. The summed E-state index contributed by atoms with van der Waals surface area (Å²) in [5.74, 6) is 1.19. The summed E-state index contributed by atoms with van der Waals surface area (Å²) >= 11 is 3.43. The number of hydrogen-bond acceptors (Lipinski definition) is 2. The Morgan fingerprint density at radius 2 is 1.95 bits per heavy atom. The molecule has 2 aromatic rings. The number of halogens is 2. The molecule has 0 saturated carbocycles. The molecular formula is C16H17BrFNO. The van der Waals surface area contributed by atoms with E-state index in [0.29, 0.717) is 12.3 Å². The smallest absolute Gasteiger partial charge is 0.132 e. The highest BCUT2D eigenvalue weighted by Gasteiger charge is 2.08. The van der Waals surface area contributed by atoms with Crippen molar-refractivity contribution >= 4 is 15.9 Å². The lowest BCUT2D eigenvalue weighted by atomic mass is 10.2. The Morgan fingerprint density at radius 1 is 1.15 bits per heavy atom. The van der Waals surface area contributed by atoms with E-state index >= 15 is 0 Å². The second-order valence-corrected chi connectivity index (χ2v) is 5.46. The molecule has 0 aliphatic rings. The molecule has 0 aliphatic carbocycles. The van der Waals surface area contributed by atoms with Crippen molar-refractivity contribution in [1.29, 1.82) is 0 Å². The molecule has 0 atom stereocenters. The number of nitrogens with one attached hydrogen (secondary N) is 1. The lowest BCUT2D eigenvalue weighted by Gasteiger charge is -2.13. The monoisotopic (exact) mass is 337 g/mol. The molecule has 2 rings (SSSR count). The molecule has 0 aliphatic heterocycles. The van der Waals surface area contributed by atoms with E-state index in [2.05, 4.69) is 21.2 Å². The molecule has 20 heavy (non-hydrogen) atoms. The van der Waals surface area contributed by atoms with Crippen LogP contribution in [0.4, 0.5) is 4.39 Å². The number of benzene rings is 2. The lowest BCUT2D eigenvalue weighted by Crippen LogP contribution is -2.12. The van der Waals surface area contributed by atoms with Gasteiger partial charge in [0.2, 0.25) is 0 Å². The molecule has 0 fully saturated rings. The Morgan fingerprint density at radius 3 is 2.70 bits per heavy atom. The SMILES string of the molecule is CCNCc1cc(F)ccc1Oc1cc(Br)ccc1C. The van der Waals surface area contributed by atoms with Crippen LogP contribution in [0.1, 0.15) is 18.1 Å². The van der Waals surface area contributed by atoms with Crippen LogP contribution >= 0.6 is 15.9 Å². The number of aryl methyl sites for hydroxylation is 1. The molecule has 0 radical (unpaired) electrons. The van der Waals surface area contributed by atoms with Gasteiger partial charge in [0.1, 0.15) is 17.3 Å². The quantitative estimate of drug-likeness (QED) is 0.846. The summed E-state index contributed by atoms with van der Waals surface area (Å²) in [5, 5.41) is 3.19. The maximum absolute atomic E-state index is 13.4. The van der Waals surface area contributed by atoms with E-state index in [1.54, 1.807) is 6.07 Å². The van der Waals surface area contributed by atoms with Gasteiger partial charge in [0, 0.05) is 16.6 Å². The maximum Gasteiger partial charge on any atom is 0.132 e. The molecular weight excluding hydrogens is 321 g/mol. The van der Waals surface area contributed by atoms with Crippen LogP contribution in [0.3, 0.4) is 0 Å². The summed E-state index contributed by atoms with van der Waals surface area (Å²) in [6.07, 6.45) is 0. The van der Waals surface area contributed by atoms with Gasteiger partial charge in [0.25, 0.3) is 0 Å². The second-order valence-electron chi connectivity index (χ2n) is 4.54. The molecule has 0 unspecified atom stereocenters. The zero-order valence-corrected chi connectivity index (χ0v) is 13.1. The second kappa shape index (κ2) is 6.86. The van der Waals surface area contributed by atoms with E-state index < -0.39 is 0 Å². The number of rotatable bonds is 5. The zero-order chi connectivity index (χ0) is 14.5. The molecule has 2 nitrogen and oxygen atoms in total. The van der Waals surface area contributed by atoms with Crippen molar-refractivity contribution in [2.45, 2.75) is 20.4 Å². The van der Waals surface area contributed by atoms with Crippen molar-refractivity contribution in [3.8, 4) is 11.5 Å². The summed E-state index contributed by atoms with van der Waals surface area (Å²) in [5.41, 5.74) is 1.85. The van der Waals surface area contributed by atoms with Crippen LogP contribution in [0, 0.1) is 12.7 Å². The molecule has 1 N–H and O–H groups in total. The predicted octanol–water partition coefficient (Wildman–Crippen LogP) is 4.80. The largest absolute Gasteiger partial charge is 0.457 e. The number of hydrogen-bond donors (Lipinski definition) is 1. The van der Waals surface area contributed by atoms with E-state index in [1.807, 2.05) is 32.0 Å². The van der Waals surface area contributed by atoms with Crippen molar-refractivity contribution in [2.75, 3.05) is 6.54 Å². The molecule has 2 aromatic carbocycles.